The summed E-state index contributed by atoms with van der Waals surface area (Å²) in [6.07, 6.45) is 2.25. The maximum Gasteiger partial charge on any atom is 0.164 e. The minimum absolute atomic E-state index is 0.186. The molecule has 1 aliphatic heterocycles. The van der Waals surface area contributed by atoms with Gasteiger partial charge in [0.1, 0.15) is 0 Å². The average molecular weight is 233 g/mol. The highest BCUT2D eigenvalue weighted by Crippen LogP contribution is 2.11. The summed E-state index contributed by atoms with van der Waals surface area (Å²) in [6, 6.07) is 9.40. The molecule has 1 unspecified atom stereocenters. The van der Waals surface area contributed by atoms with Crippen LogP contribution in [0.5, 0.6) is 0 Å². The van der Waals surface area contributed by atoms with Crippen LogP contribution in [0.25, 0.3) is 0 Å². The maximum atomic E-state index is 11.9. The van der Waals surface area contributed by atoms with Crippen molar-refractivity contribution >= 4 is 5.78 Å². The van der Waals surface area contributed by atoms with Crippen LogP contribution >= 0.6 is 0 Å². The lowest BCUT2D eigenvalue weighted by Crippen LogP contribution is -2.39. The van der Waals surface area contributed by atoms with Gasteiger partial charge in [-0.1, -0.05) is 30.3 Å². The van der Waals surface area contributed by atoms with Gasteiger partial charge in [0, 0.05) is 25.1 Å². The molecular weight excluding hydrogens is 214 g/mol. The first-order chi connectivity index (χ1) is 8.25. The molecule has 1 atom stereocenters. The number of ketones is 1. The van der Waals surface area contributed by atoms with Crippen molar-refractivity contribution in [2.24, 2.45) is 0 Å². The van der Waals surface area contributed by atoms with Crippen LogP contribution in [0.15, 0.2) is 30.3 Å². The Kier molecular flexibility index (Phi) is 4.29. The Hall–Kier alpha value is -1.19. The lowest BCUT2D eigenvalue weighted by molar-refractivity contribution is 0.0670. The zero-order valence-corrected chi connectivity index (χ0v) is 10.0. The molecule has 1 saturated heterocycles. The van der Waals surface area contributed by atoms with Crippen molar-refractivity contribution in [1.29, 1.82) is 0 Å². The lowest BCUT2D eigenvalue weighted by atomic mass is 10.1. The fraction of sp³-hybridized carbons (Fsp3) is 0.500. The topological polar surface area (TPSA) is 40.5 Å². The van der Waals surface area contributed by atoms with Crippen LogP contribution in [0.4, 0.5) is 0 Å². The summed E-state index contributed by atoms with van der Waals surface area (Å²) in [4.78, 5) is 14.1. The van der Waals surface area contributed by atoms with E-state index >= 15 is 0 Å². The van der Waals surface area contributed by atoms with E-state index in [1.807, 2.05) is 30.3 Å². The first-order valence-electron chi connectivity index (χ1n) is 6.24. The van der Waals surface area contributed by atoms with Gasteiger partial charge < -0.3 is 10.0 Å². The van der Waals surface area contributed by atoms with Gasteiger partial charge in [0.25, 0.3) is 0 Å². The van der Waals surface area contributed by atoms with Gasteiger partial charge in [0.2, 0.25) is 0 Å². The van der Waals surface area contributed by atoms with E-state index in [0.717, 1.165) is 31.5 Å². The van der Waals surface area contributed by atoms with Crippen LogP contribution in [0.1, 0.15) is 29.6 Å². The second-order valence-corrected chi connectivity index (χ2v) is 4.64. The second kappa shape index (κ2) is 5.94. The van der Waals surface area contributed by atoms with Crippen LogP contribution in [0.2, 0.25) is 0 Å². The Morgan fingerprint density at radius 2 is 2.12 bits per heavy atom. The molecule has 17 heavy (non-hydrogen) atoms. The van der Waals surface area contributed by atoms with E-state index in [2.05, 4.69) is 4.90 Å². The number of hydrogen-bond donors (Lipinski definition) is 1. The molecule has 0 aliphatic carbocycles. The molecule has 3 nitrogen and oxygen atoms in total. The summed E-state index contributed by atoms with van der Waals surface area (Å²) in [5.74, 6) is 0.186. The third kappa shape index (κ3) is 3.65. The number of β-amino-alcohol motifs (C(OH)–C–C–N with tert-alkyl or cyclic N) is 1. The standard InChI is InChI=1S/C14H19NO2/c16-13-7-4-9-15(11-13)10-8-14(17)12-5-2-1-3-6-12/h1-3,5-6,13,16H,4,7-11H2. The fourth-order valence-corrected chi connectivity index (χ4v) is 2.26. The number of aliphatic hydroxyl groups excluding tert-OH is 1. The van der Waals surface area contributed by atoms with Crippen molar-refractivity contribution in [3.63, 3.8) is 0 Å². The van der Waals surface area contributed by atoms with E-state index < -0.39 is 0 Å². The molecule has 0 saturated carbocycles. The van der Waals surface area contributed by atoms with Gasteiger partial charge in [-0.25, -0.2) is 0 Å². The number of carbonyl (C=O) groups is 1. The predicted octanol–water partition coefficient (Wildman–Crippen LogP) is 1.72. The molecule has 0 radical (unpaired) electrons. The number of likely N-dealkylation sites (tertiary alicyclic amines) is 1. The molecular formula is C14H19NO2. The van der Waals surface area contributed by atoms with Crippen LogP contribution in [-0.2, 0) is 0 Å². The van der Waals surface area contributed by atoms with Crippen molar-refractivity contribution in [1.82, 2.24) is 4.90 Å². The molecule has 92 valence electrons. The SMILES string of the molecule is O=C(CCN1CCCC(O)C1)c1ccccc1. The van der Waals surface area contributed by atoms with E-state index in [-0.39, 0.29) is 11.9 Å². The number of hydrogen-bond acceptors (Lipinski definition) is 3. The van der Waals surface area contributed by atoms with Crippen molar-refractivity contribution in [2.45, 2.75) is 25.4 Å². The molecule has 1 heterocycles. The lowest BCUT2D eigenvalue weighted by Gasteiger charge is -2.29. The van der Waals surface area contributed by atoms with E-state index in [1.54, 1.807) is 0 Å². The highest BCUT2D eigenvalue weighted by atomic mass is 16.3. The van der Waals surface area contributed by atoms with Crippen molar-refractivity contribution in [3.05, 3.63) is 35.9 Å². The van der Waals surface area contributed by atoms with Gasteiger partial charge in [0.05, 0.1) is 6.10 Å². The van der Waals surface area contributed by atoms with Crippen molar-refractivity contribution < 1.29 is 9.90 Å². The summed E-state index contributed by atoms with van der Waals surface area (Å²) in [7, 11) is 0. The quantitative estimate of drug-likeness (QED) is 0.805. The van der Waals surface area contributed by atoms with Gasteiger partial charge in [-0.3, -0.25) is 4.79 Å². The number of nitrogens with zero attached hydrogens (tertiary/aromatic N) is 1. The Morgan fingerprint density at radius 1 is 1.35 bits per heavy atom. The molecule has 0 bridgehead atoms. The summed E-state index contributed by atoms with van der Waals surface area (Å²) >= 11 is 0. The largest absolute Gasteiger partial charge is 0.392 e. The Labute approximate surface area is 102 Å². The Morgan fingerprint density at radius 3 is 2.82 bits per heavy atom. The molecule has 1 aromatic carbocycles. The molecule has 1 N–H and O–H groups in total. The number of carbonyl (C=O) groups excluding carboxylic acids is 1. The average Bonchev–Trinajstić information content (AvgIpc) is 2.37. The van der Waals surface area contributed by atoms with Crippen molar-refractivity contribution in [2.75, 3.05) is 19.6 Å². The number of benzene rings is 1. The smallest absolute Gasteiger partial charge is 0.164 e. The number of aliphatic hydroxyl groups is 1. The van der Waals surface area contributed by atoms with Crippen LogP contribution < -0.4 is 0 Å². The molecule has 0 spiro atoms. The van der Waals surface area contributed by atoms with Crippen molar-refractivity contribution in [3.8, 4) is 0 Å². The van der Waals surface area contributed by atoms with E-state index in [1.165, 1.54) is 0 Å². The molecule has 0 aromatic heterocycles. The highest BCUT2D eigenvalue weighted by Gasteiger charge is 2.18. The Bertz CT molecular complexity index is 364. The van der Waals surface area contributed by atoms with Gasteiger partial charge in [-0.15, -0.1) is 0 Å². The molecule has 3 heteroatoms. The predicted molar refractivity (Wildman–Crippen MR) is 67.1 cm³/mol. The molecule has 1 aliphatic rings. The third-order valence-electron chi connectivity index (χ3n) is 3.23. The first kappa shape index (κ1) is 12.3. The monoisotopic (exact) mass is 233 g/mol. The Balaban J connectivity index is 1.80. The van der Waals surface area contributed by atoms with Crippen LogP contribution in [0.3, 0.4) is 0 Å². The molecule has 1 fully saturated rings. The minimum Gasteiger partial charge on any atom is -0.392 e. The van der Waals surface area contributed by atoms with Gasteiger partial charge in [-0.05, 0) is 19.4 Å². The zero-order chi connectivity index (χ0) is 12.1. The fourth-order valence-electron chi connectivity index (χ4n) is 2.26. The molecule has 1 aromatic rings. The summed E-state index contributed by atoms with van der Waals surface area (Å²) < 4.78 is 0. The van der Waals surface area contributed by atoms with Crippen LogP contribution in [0, 0.1) is 0 Å². The number of piperidine rings is 1. The zero-order valence-electron chi connectivity index (χ0n) is 10.0. The van der Waals surface area contributed by atoms with Gasteiger partial charge in [-0.2, -0.15) is 0 Å². The van der Waals surface area contributed by atoms with Gasteiger partial charge in [0.15, 0.2) is 5.78 Å². The van der Waals surface area contributed by atoms with E-state index in [0.29, 0.717) is 13.0 Å². The summed E-state index contributed by atoms with van der Waals surface area (Å²) in [5, 5.41) is 9.54. The molecule has 2 rings (SSSR count). The van der Waals surface area contributed by atoms with Gasteiger partial charge >= 0.3 is 0 Å². The first-order valence-corrected chi connectivity index (χ1v) is 6.24. The third-order valence-corrected chi connectivity index (χ3v) is 3.23. The number of rotatable bonds is 4. The second-order valence-electron chi connectivity index (χ2n) is 4.64. The maximum absolute atomic E-state index is 11.9. The molecule has 0 amide bonds. The van der Waals surface area contributed by atoms with E-state index in [4.69, 9.17) is 0 Å². The van der Waals surface area contributed by atoms with Crippen LogP contribution in [-0.4, -0.2) is 41.5 Å². The summed E-state index contributed by atoms with van der Waals surface area (Å²) in [5.41, 5.74) is 0.782. The summed E-state index contributed by atoms with van der Waals surface area (Å²) in [6.45, 7) is 2.46. The number of Topliss-reactive ketones (excluding diaryl/α,β-unsaturated/α-hetero) is 1. The normalized spacial score (nSPS) is 21.4. The minimum atomic E-state index is -0.212. The van der Waals surface area contributed by atoms with E-state index in [9.17, 15) is 9.90 Å². The highest BCUT2D eigenvalue weighted by molar-refractivity contribution is 5.96.